The number of para-hydroxylation sites is 1. The maximum absolute atomic E-state index is 13.1. The minimum atomic E-state index is -0.326. The van der Waals surface area contributed by atoms with Gasteiger partial charge in [0.05, 0.1) is 18.1 Å². The monoisotopic (exact) mass is 405 g/mol. The van der Waals surface area contributed by atoms with E-state index in [4.69, 9.17) is 4.42 Å². The van der Waals surface area contributed by atoms with Crippen LogP contribution in [0.5, 0.6) is 0 Å². The Morgan fingerprint density at radius 1 is 1.03 bits per heavy atom. The fourth-order valence-electron chi connectivity index (χ4n) is 2.84. The zero-order valence-electron chi connectivity index (χ0n) is 14.7. The third-order valence-electron chi connectivity index (χ3n) is 4.21. The van der Waals surface area contributed by atoms with Gasteiger partial charge in [-0.05, 0) is 36.4 Å². The van der Waals surface area contributed by atoms with Crippen molar-refractivity contribution < 1.29 is 8.81 Å². The summed E-state index contributed by atoms with van der Waals surface area (Å²) in [4.78, 5) is 23.9. The Morgan fingerprint density at radius 2 is 1.83 bits per heavy atom. The second kappa shape index (κ2) is 7.02. The van der Waals surface area contributed by atoms with Crippen molar-refractivity contribution in [1.82, 2.24) is 24.7 Å². The summed E-state index contributed by atoms with van der Waals surface area (Å²) in [5.41, 5.74) is 1.63. The first-order valence-electron chi connectivity index (χ1n) is 8.60. The average molecular weight is 405 g/mol. The lowest BCUT2D eigenvalue weighted by molar-refractivity contribution is 0.465. The molecule has 142 valence electrons. The molecule has 0 fully saturated rings. The standard InChI is InChI=1S/C20H12FN5O2S/c21-13-8-6-12(7-9-13)16-11-22-20(28-16)29-19-24-17-15(18(27)25-19)10-23-26(17)14-4-2-1-3-5-14/h1-11H,(H,24,25,27). The third kappa shape index (κ3) is 3.32. The van der Waals surface area contributed by atoms with E-state index in [1.807, 2.05) is 30.3 Å². The first-order chi connectivity index (χ1) is 14.2. The molecule has 0 bridgehead atoms. The molecule has 0 unspecified atom stereocenters. The number of rotatable bonds is 4. The van der Waals surface area contributed by atoms with Crippen LogP contribution in [0.15, 0.2) is 86.6 Å². The minimum absolute atomic E-state index is 0.301. The summed E-state index contributed by atoms with van der Waals surface area (Å²) in [6.07, 6.45) is 3.03. The number of benzene rings is 2. The molecule has 9 heteroatoms. The van der Waals surface area contributed by atoms with Gasteiger partial charge in [0, 0.05) is 17.3 Å². The van der Waals surface area contributed by atoms with Gasteiger partial charge >= 0.3 is 0 Å². The Labute approximate surface area is 167 Å². The molecule has 0 amide bonds. The minimum Gasteiger partial charge on any atom is -0.431 e. The van der Waals surface area contributed by atoms with E-state index in [9.17, 15) is 9.18 Å². The summed E-state index contributed by atoms with van der Waals surface area (Å²) in [5.74, 6) is 0.165. The van der Waals surface area contributed by atoms with Gasteiger partial charge in [-0.1, -0.05) is 18.2 Å². The van der Waals surface area contributed by atoms with Crippen LogP contribution in [-0.2, 0) is 0 Å². The molecule has 0 atom stereocenters. The number of nitrogens with one attached hydrogen (secondary N) is 1. The van der Waals surface area contributed by atoms with E-state index >= 15 is 0 Å². The predicted molar refractivity (Wildman–Crippen MR) is 106 cm³/mol. The van der Waals surface area contributed by atoms with Gasteiger partial charge in [-0.25, -0.2) is 19.0 Å². The van der Waals surface area contributed by atoms with Crippen LogP contribution in [0, 0.1) is 5.82 Å². The number of H-pyrrole nitrogens is 1. The van der Waals surface area contributed by atoms with Crippen LogP contribution in [0.1, 0.15) is 0 Å². The SMILES string of the molecule is O=c1[nH]c(Sc2ncc(-c3ccc(F)cc3)o2)nc2c1cnn2-c1ccccc1. The molecule has 0 saturated carbocycles. The van der Waals surface area contributed by atoms with E-state index in [1.54, 1.807) is 23.0 Å². The van der Waals surface area contributed by atoms with Gasteiger partial charge in [0.2, 0.25) is 0 Å². The summed E-state index contributed by atoms with van der Waals surface area (Å²) >= 11 is 1.08. The van der Waals surface area contributed by atoms with Crippen LogP contribution in [-0.4, -0.2) is 24.7 Å². The highest BCUT2D eigenvalue weighted by atomic mass is 32.2. The molecule has 0 aliphatic rings. The van der Waals surface area contributed by atoms with Gasteiger partial charge in [-0.15, -0.1) is 0 Å². The van der Waals surface area contributed by atoms with Gasteiger partial charge in [0.25, 0.3) is 10.8 Å². The van der Waals surface area contributed by atoms with E-state index < -0.39 is 0 Å². The van der Waals surface area contributed by atoms with E-state index in [-0.39, 0.29) is 11.4 Å². The maximum Gasteiger partial charge on any atom is 0.264 e. The third-order valence-corrected chi connectivity index (χ3v) is 4.96. The number of aromatic amines is 1. The van der Waals surface area contributed by atoms with Crippen molar-refractivity contribution in [3.05, 3.63) is 83.2 Å². The topological polar surface area (TPSA) is 89.6 Å². The Bertz CT molecular complexity index is 1360. The lowest BCUT2D eigenvalue weighted by atomic mass is 10.2. The average Bonchev–Trinajstić information content (AvgIpc) is 3.37. The smallest absolute Gasteiger partial charge is 0.264 e. The number of halogens is 1. The first-order valence-corrected chi connectivity index (χ1v) is 9.42. The van der Waals surface area contributed by atoms with Crippen LogP contribution >= 0.6 is 11.8 Å². The molecular weight excluding hydrogens is 393 g/mol. The van der Waals surface area contributed by atoms with E-state index in [0.29, 0.717) is 32.7 Å². The fraction of sp³-hybridized carbons (Fsp3) is 0. The summed E-state index contributed by atoms with van der Waals surface area (Å²) in [6, 6.07) is 15.3. The van der Waals surface area contributed by atoms with Crippen molar-refractivity contribution >= 4 is 22.8 Å². The Hall–Kier alpha value is -3.72. The second-order valence-corrected chi connectivity index (χ2v) is 7.04. The van der Waals surface area contributed by atoms with E-state index in [2.05, 4.69) is 20.1 Å². The van der Waals surface area contributed by atoms with Crippen LogP contribution in [0.3, 0.4) is 0 Å². The number of fused-ring (bicyclic) bond motifs is 1. The normalized spacial score (nSPS) is 11.2. The molecule has 0 spiro atoms. The summed E-state index contributed by atoms with van der Waals surface area (Å²) in [6.45, 7) is 0. The number of oxazole rings is 1. The van der Waals surface area contributed by atoms with Crippen LogP contribution in [0.2, 0.25) is 0 Å². The molecular formula is C20H12FN5O2S. The quantitative estimate of drug-likeness (QED) is 0.454. The predicted octanol–water partition coefficient (Wildman–Crippen LogP) is 4.05. The van der Waals surface area contributed by atoms with Crippen LogP contribution < -0.4 is 5.56 Å². The summed E-state index contributed by atoms with van der Waals surface area (Å²) in [5, 5.41) is 5.30. The Morgan fingerprint density at radius 3 is 2.62 bits per heavy atom. The molecule has 0 aliphatic heterocycles. The zero-order chi connectivity index (χ0) is 19.8. The summed E-state index contributed by atoms with van der Waals surface area (Å²) < 4.78 is 20.4. The summed E-state index contributed by atoms with van der Waals surface area (Å²) in [7, 11) is 0. The van der Waals surface area contributed by atoms with Crippen molar-refractivity contribution in [3.63, 3.8) is 0 Å². The lowest BCUT2D eigenvalue weighted by Gasteiger charge is -2.03. The van der Waals surface area contributed by atoms with Crippen molar-refractivity contribution in [2.75, 3.05) is 0 Å². The van der Waals surface area contributed by atoms with Crippen molar-refractivity contribution in [3.8, 4) is 17.0 Å². The van der Waals surface area contributed by atoms with E-state index in [0.717, 1.165) is 17.4 Å². The highest BCUT2D eigenvalue weighted by molar-refractivity contribution is 7.98. The molecule has 1 N–H and O–H groups in total. The van der Waals surface area contributed by atoms with E-state index in [1.165, 1.54) is 18.3 Å². The van der Waals surface area contributed by atoms with Crippen molar-refractivity contribution in [2.24, 2.45) is 0 Å². The van der Waals surface area contributed by atoms with Gasteiger partial charge < -0.3 is 9.40 Å². The maximum atomic E-state index is 13.1. The molecule has 5 aromatic rings. The molecule has 29 heavy (non-hydrogen) atoms. The Kier molecular flexibility index (Phi) is 4.21. The number of hydrogen-bond acceptors (Lipinski definition) is 6. The van der Waals surface area contributed by atoms with Crippen molar-refractivity contribution in [2.45, 2.75) is 10.4 Å². The van der Waals surface area contributed by atoms with Crippen LogP contribution in [0.4, 0.5) is 4.39 Å². The lowest BCUT2D eigenvalue weighted by Crippen LogP contribution is -2.09. The Balaban J connectivity index is 1.50. The second-order valence-electron chi connectivity index (χ2n) is 6.10. The van der Waals surface area contributed by atoms with Gasteiger partial charge in [0.15, 0.2) is 16.6 Å². The zero-order valence-corrected chi connectivity index (χ0v) is 15.6. The molecule has 7 nitrogen and oxygen atoms in total. The van der Waals surface area contributed by atoms with Crippen molar-refractivity contribution in [1.29, 1.82) is 0 Å². The van der Waals surface area contributed by atoms with Gasteiger partial charge in [0.1, 0.15) is 11.2 Å². The molecule has 0 saturated heterocycles. The molecule has 3 aromatic heterocycles. The molecule has 2 aromatic carbocycles. The number of nitrogens with zero attached hydrogens (tertiary/aromatic N) is 4. The first kappa shape index (κ1) is 17.4. The highest BCUT2D eigenvalue weighted by Gasteiger charge is 2.14. The molecule has 0 aliphatic carbocycles. The fourth-order valence-corrected chi connectivity index (χ4v) is 3.52. The molecule has 0 radical (unpaired) electrons. The van der Waals surface area contributed by atoms with Gasteiger partial charge in [-0.2, -0.15) is 5.10 Å². The number of hydrogen-bond donors (Lipinski definition) is 1. The number of aromatic nitrogens is 5. The molecule has 5 rings (SSSR count). The largest absolute Gasteiger partial charge is 0.431 e. The molecule has 3 heterocycles. The van der Waals surface area contributed by atoms with Crippen LogP contribution in [0.25, 0.3) is 28.0 Å². The highest BCUT2D eigenvalue weighted by Crippen LogP contribution is 2.29. The van der Waals surface area contributed by atoms with Gasteiger partial charge in [-0.3, -0.25) is 4.79 Å².